The highest BCUT2D eigenvalue weighted by atomic mass is 14.6. The second-order valence-corrected chi connectivity index (χ2v) is 9.00. The smallest absolute Gasteiger partial charge is 0.0187 e. The van der Waals surface area contributed by atoms with Crippen LogP contribution in [0.1, 0.15) is 53.6 Å². The molecule has 2 aliphatic rings. The van der Waals surface area contributed by atoms with Crippen molar-refractivity contribution in [2.24, 2.45) is 17.3 Å². The Balaban J connectivity index is 1.85. The summed E-state index contributed by atoms with van der Waals surface area (Å²) in [5, 5.41) is 0. The van der Waals surface area contributed by atoms with Crippen LogP contribution in [0.2, 0.25) is 0 Å². The maximum atomic E-state index is 2.47. The fourth-order valence-electron chi connectivity index (χ4n) is 5.66. The van der Waals surface area contributed by atoms with Gasteiger partial charge < -0.3 is 0 Å². The SMILES string of the molecule is Cc1cc(C)cc([C]2C3C=CCC3[C](c3cc(C)cc(C)c3)C2(C)C)c1. The van der Waals surface area contributed by atoms with E-state index in [9.17, 15) is 0 Å². The molecule has 0 aliphatic heterocycles. The molecule has 0 N–H and O–H groups in total. The maximum Gasteiger partial charge on any atom is 0.0187 e. The van der Waals surface area contributed by atoms with Gasteiger partial charge in [0.1, 0.15) is 0 Å². The number of fused-ring (bicyclic) bond motifs is 1. The average molecular weight is 343 g/mol. The Morgan fingerprint density at radius 1 is 0.692 bits per heavy atom. The van der Waals surface area contributed by atoms with Gasteiger partial charge >= 0.3 is 0 Å². The number of allylic oxidation sites excluding steroid dienone is 2. The van der Waals surface area contributed by atoms with Crippen molar-refractivity contribution in [3.63, 3.8) is 0 Å². The summed E-state index contributed by atoms with van der Waals surface area (Å²) in [5.74, 6) is 4.40. The highest BCUT2D eigenvalue weighted by Crippen LogP contribution is 2.64. The third kappa shape index (κ3) is 2.75. The highest BCUT2D eigenvalue weighted by Gasteiger charge is 2.56. The molecule has 1 fully saturated rings. The summed E-state index contributed by atoms with van der Waals surface area (Å²) in [7, 11) is 0. The van der Waals surface area contributed by atoms with Crippen LogP contribution in [-0.4, -0.2) is 0 Å². The first-order chi connectivity index (χ1) is 12.3. The van der Waals surface area contributed by atoms with E-state index < -0.39 is 0 Å². The lowest BCUT2D eigenvalue weighted by Crippen LogP contribution is -2.26. The summed E-state index contributed by atoms with van der Waals surface area (Å²) < 4.78 is 0. The van der Waals surface area contributed by atoms with E-state index >= 15 is 0 Å². The number of rotatable bonds is 2. The second-order valence-electron chi connectivity index (χ2n) is 9.00. The van der Waals surface area contributed by atoms with Gasteiger partial charge in [0.15, 0.2) is 0 Å². The van der Waals surface area contributed by atoms with Gasteiger partial charge in [0, 0.05) is 11.8 Å². The first-order valence-corrected chi connectivity index (χ1v) is 9.86. The first kappa shape index (κ1) is 17.6. The van der Waals surface area contributed by atoms with Crippen molar-refractivity contribution in [2.75, 3.05) is 0 Å². The number of aryl methyl sites for hydroxylation is 4. The monoisotopic (exact) mass is 342 g/mol. The Kier molecular flexibility index (Phi) is 4.14. The number of hydrogen-bond donors (Lipinski definition) is 0. The summed E-state index contributed by atoms with van der Waals surface area (Å²) in [6.07, 6.45) is 6.04. The van der Waals surface area contributed by atoms with E-state index in [1.54, 1.807) is 11.8 Å². The first-order valence-electron chi connectivity index (χ1n) is 9.86. The summed E-state index contributed by atoms with van der Waals surface area (Å²) in [6, 6.07) is 14.1. The topological polar surface area (TPSA) is 0 Å². The Bertz CT molecular complexity index is 827. The second kappa shape index (κ2) is 6.12. The summed E-state index contributed by atoms with van der Waals surface area (Å²) in [6.45, 7) is 13.8. The Hall–Kier alpha value is -1.82. The molecule has 1 saturated carbocycles. The van der Waals surface area contributed by atoms with Crippen molar-refractivity contribution in [2.45, 2.75) is 48.0 Å². The van der Waals surface area contributed by atoms with Crippen LogP contribution >= 0.6 is 0 Å². The van der Waals surface area contributed by atoms with Crippen LogP contribution in [0.4, 0.5) is 0 Å². The number of hydrogen-bond acceptors (Lipinski definition) is 0. The standard InChI is InChI=1S/C26H30/c1-16-10-17(2)13-20(12-16)24-22-8-7-9-23(22)25(26(24,5)6)21-14-18(3)11-19(4)15-21/h7-8,10-15,22-23H,9H2,1-6H3. The predicted octanol–water partition coefficient (Wildman–Crippen LogP) is 6.70. The van der Waals surface area contributed by atoms with Crippen molar-refractivity contribution in [3.05, 3.63) is 93.8 Å². The van der Waals surface area contributed by atoms with Gasteiger partial charge in [-0.2, -0.15) is 0 Å². The van der Waals surface area contributed by atoms with Crippen LogP contribution in [-0.2, 0) is 0 Å². The van der Waals surface area contributed by atoms with Gasteiger partial charge in [-0.05, 0) is 62.5 Å². The molecule has 0 aromatic heterocycles. The molecule has 4 rings (SSSR count). The molecule has 2 aliphatic carbocycles. The fourth-order valence-corrected chi connectivity index (χ4v) is 5.66. The molecule has 134 valence electrons. The predicted molar refractivity (Wildman–Crippen MR) is 111 cm³/mol. The van der Waals surface area contributed by atoms with E-state index in [1.165, 1.54) is 39.8 Å². The van der Waals surface area contributed by atoms with Gasteiger partial charge in [0.2, 0.25) is 0 Å². The van der Waals surface area contributed by atoms with E-state index in [0.29, 0.717) is 11.8 Å². The van der Waals surface area contributed by atoms with Crippen LogP contribution in [0.5, 0.6) is 0 Å². The molecule has 0 amide bonds. The Morgan fingerprint density at radius 3 is 1.65 bits per heavy atom. The third-order valence-corrected chi connectivity index (χ3v) is 6.28. The molecule has 2 aromatic rings. The largest absolute Gasteiger partial charge is 0.0879 e. The number of benzene rings is 2. The summed E-state index contributed by atoms with van der Waals surface area (Å²) >= 11 is 0. The molecule has 0 bridgehead atoms. The van der Waals surface area contributed by atoms with E-state index in [0.717, 1.165) is 0 Å². The molecule has 0 saturated heterocycles. The van der Waals surface area contributed by atoms with Crippen LogP contribution in [0.3, 0.4) is 0 Å². The lowest BCUT2D eigenvalue weighted by Gasteiger charge is -2.35. The van der Waals surface area contributed by atoms with Gasteiger partial charge in [0.25, 0.3) is 0 Å². The molecule has 26 heavy (non-hydrogen) atoms. The quantitative estimate of drug-likeness (QED) is 0.533. The van der Waals surface area contributed by atoms with Gasteiger partial charge in [-0.15, -0.1) is 0 Å². The highest BCUT2D eigenvalue weighted by molar-refractivity contribution is 5.56. The van der Waals surface area contributed by atoms with Crippen molar-refractivity contribution in [3.8, 4) is 0 Å². The molecular formula is C26H30. The van der Waals surface area contributed by atoms with E-state index in [4.69, 9.17) is 0 Å². The average Bonchev–Trinajstić information content (AvgIpc) is 3.01. The van der Waals surface area contributed by atoms with Crippen LogP contribution in [0, 0.1) is 56.8 Å². The fraction of sp³-hybridized carbons (Fsp3) is 0.385. The molecule has 0 heterocycles. The Labute approximate surface area is 159 Å². The minimum Gasteiger partial charge on any atom is -0.0879 e. The Morgan fingerprint density at radius 2 is 1.15 bits per heavy atom. The molecular weight excluding hydrogens is 312 g/mol. The molecule has 0 nitrogen and oxygen atoms in total. The van der Waals surface area contributed by atoms with E-state index in [1.807, 2.05) is 0 Å². The lowest BCUT2D eigenvalue weighted by atomic mass is 9.68. The van der Waals surface area contributed by atoms with Crippen LogP contribution < -0.4 is 0 Å². The van der Waals surface area contributed by atoms with Gasteiger partial charge in [0.05, 0.1) is 0 Å². The minimum atomic E-state index is 0.0839. The molecule has 0 heteroatoms. The van der Waals surface area contributed by atoms with Gasteiger partial charge in [-0.25, -0.2) is 0 Å². The molecule has 0 spiro atoms. The zero-order valence-electron chi connectivity index (χ0n) is 17.0. The zero-order valence-corrected chi connectivity index (χ0v) is 17.0. The molecule has 2 aromatic carbocycles. The van der Waals surface area contributed by atoms with Crippen LogP contribution in [0.15, 0.2) is 48.6 Å². The molecule has 2 atom stereocenters. The van der Waals surface area contributed by atoms with E-state index in [-0.39, 0.29) is 5.41 Å². The van der Waals surface area contributed by atoms with Gasteiger partial charge in [-0.3, -0.25) is 0 Å². The molecule has 2 radical (unpaired) electrons. The van der Waals surface area contributed by atoms with Crippen LogP contribution in [0.25, 0.3) is 0 Å². The third-order valence-electron chi connectivity index (χ3n) is 6.28. The molecule has 2 unspecified atom stereocenters. The lowest BCUT2D eigenvalue weighted by molar-refractivity contribution is 0.450. The van der Waals surface area contributed by atoms with Crippen molar-refractivity contribution >= 4 is 0 Å². The van der Waals surface area contributed by atoms with E-state index in [2.05, 4.69) is 90.1 Å². The van der Waals surface area contributed by atoms with Gasteiger partial charge in [-0.1, -0.05) is 84.7 Å². The van der Waals surface area contributed by atoms with Crippen molar-refractivity contribution in [1.29, 1.82) is 0 Å². The normalized spacial score (nSPS) is 25.0. The minimum absolute atomic E-state index is 0.0839. The zero-order chi connectivity index (χ0) is 18.6. The van der Waals surface area contributed by atoms with Crippen molar-refractivity contribution in [1.82, 2.24) is 0 Å². The van der Waals surface area contributed by atoms with Crippen molar-refractivity contribution < 1.29 is 0 Å². The maximum absolute atomic E-state index is 2.47. The summed E-state index contributed by atoms with van der Waals surface area (Å²) in [5.41, 5.74) is 8.43. The summed E-state index contributed by atoms with van der Waals surface area (Å²) in [4.78, 5) is 0.